The van der Waals surface area contributed by atoms with Crippen LogP contribution >= 0.6 is 11.6 Å². The Kier molecular flexibility index (Phi) is 11.4. The van der Waals surface area contributed by atoms with Crippen LogP contribution in [0.3, 0.4) is 0 Å². The molecule has 0 bridgehead atoms. The van der Waals surface area contributed by atoms with Crippen LogP contribution in [0.5, 0.6) is 17.4 Å². The number of amidine groups is 1. The second-order valence-electron chi connectivity index (χ2n) is 11.6. The molecule has 14 nitrogen and oxygen atoms in total. The van der Waals surface area contributed by atoms with Crippen LogP contribution in [-0.4, -0.2) is 75.9 Å². The third-order valence-corrected chi connectivity index (χ3v) is 11.4. The van der Waals surface area contributed by atoms with Crippen molar-refractivity contribution in [2.75, 3.05) is 31.3 Å². The van der Waals surface area contributed by atoms with E-state index >= 15 is 0 Å². The number of ether oxygens (including phenoxy) is 3. The minimum Gasteiger partial charge on any atom is -0.495 e. The van der Waals surface area contributed by atoms with Gasteiger partial charge in [0.05, 0.1) is 36.3 Å². The summed E-state index contributed by atoms with van der Waals surface area (Å²) in [7, 11) is -6.78. The van der Waals surface area contributed by atoms with Gasteiger partial charge < -0.3 is 19.5 Å². The van der Waals surface area contributed by atoms with Gasteiger partial charge in [0, 0.05) is 23.4 Å². The lowest BCUT2D eigenvalue weighted by atomic mass is 10.1. The number of aryl methyl sites for hydroxylation is 3. The summed E-state index contributed by atoms with van der Waals surface area (Å²) in [6.07, 6.45) is -0.710. The number of rotatable bonds is 13. The molecule has 1 unspecified atom stereocenters. The van der Waals surface area contributed by atoms with Gasteiger partial charge in [0.25, 0.3) is 21.8 Å². The number of amides is 2. The van der Waals surface area contributed by atoms with E-state index in [9.17, 15) is 26.4 Å². The fourth-order valence-corrected chi connectivity index (χ4v) is 7.40. The minimum atomic E-state index is -4.32. The number of aliphatic imine (C=N–C) groups is 1. The van der Waals surface area contributed by atoms with Crippen LogP contribution in [-0.2, 0) is 24.8 Å². The molecule has 3 aromatic carbocycles. The third-order valence-electron chi connectivity index (χ3n) is 7.88. The molecule has 274 valence electrons. The number of hydrogen-bond donors (Lipinski definition) is 2. The van der Waals surface area contributed by atoms with E-state index in [0.29, 0.717) is 16.3 Å². The van der Waals surface area contributed by atoms with Crippen molar-refractivity contribution in [2.45, 2.75) is 38.7 Å². The van der Waals surface area contributed by atoms with E-state index in [-0.39, 0.29) is 58.2 Å². The topological polar surface area (TPSA) is 183 Å². The molecule has 0 saturated carbocycles. The number of sulfonamides is 2. The maximum Gasteiger partial charge on any atom is 0.273 e. The Labute approximate surface area is 306 Å². The Bertz CT molecular complexity index is 2260. The van der Waals surface area contributed by atoms with Gasteiger partial charge in [0.15, 0.2) is 5.84 Å². The average molecular weight is 770 g/mol. The molecule has 1 aliphatic heterocycles. The van der Waals surface area contributed by atoms with Gasteiger partial charge in [-0.15, -0.1) is 0 Å². The second kappa shape index (κ2) is 15.6. The molecule has 0 spiro atoms. The highest BCUT2D eigenvalue weighted by Gasteiger charge is 2.42. The minimum absolute atomic E-state index is 0.0717. The highest BCUT2D eigenvalue weighted by atomic mass is 35.5. The number of methoxy groups -OCH3 is 1. The maximum atomic E-state index is 14.3. The fourth-order valence-electron chi connectivity index (χ4n) is 5.14. The van der Waals surface area contributed by atoms with Gasteiger partial charge >= 0.3 is 0 Å². The molecule has 0 saturated heterocycles. The molecule has 2 heterocycles. The van der Waals surface area contributed by atoms with Crippen LogP contribution in [0.15, 0.2) is 82.8 Å². The van der Waals surface area contributed by atoms with E-state index in [1.54, 1.807) is 31.2 Å². The summed E-state index contributed by atoms with van der Waals surface area (Å²) in [5, 5.41) is 3.12. The van der Waals surface area contributed by atoms with E-state index in [1.807, 2.05) is 30.7 Å². The van der Waals surface area contributed by atoms with Crippen molar-refractivity contribution in [2.24, 2.45) is 4.99 Å². The number of benzene rings is 3. The quantitative estimate of drug-likeness (QED) is 0.189. The van der Waals surface area contributed by atoms with Crippen LogP contribution in [0.1, 0.15) is 34.0 Å². The second-order valence-corrected chi connectivity index (χ2v) is 15.9. The molecule has 17 heteroatoms. The van der Waals surface area contributed by atoms with Crippen molar-refractivity contribution in [3.05, 3.63) is 100 Å². The van der Waals surface area contributed by atoms with Gasteiger partial charge in [0.1, 0.15) is 23.0 Å². The predicted octanol–water partition coefficient (Wildman–Crippen LogP) is 4.95. The molecular weight excluding hydrogens is 734 g/mol. The lowest BCUT2D eigenvalue weighted by Gasteiger charge is -2.33. The predicted molar refractivity (Wildman–Crippen MR) is 196 cm³/mol. The van der Waals surface area contributed by atoms with Crippen LogP contribution < -0.4 is 24.2 Å². The molecule has 2 amide bonds. The van der Waals surface area contributed by atoms with Crippen LogP contribution in [0.25, 0.3) is 0 Å². The number of hydrogen-bond acceptors (Lipinski definition) is 11. The molecule has 0 radical (unpaired) electrons. The zero-order valence-corrected chi connectivity index (χ0v) is 31.2. The van der Waals surface area contributed by atoms with Gasteiger partial charge in [-0.25, -0.2) is 35.8 Å². The maximum absolute atomic E-state index is 14.3. The number of halogens is 1. The Hall–Kier alpha value is -5.19. The van der Waals surface area contributed by atoms with Crippen LogP contribution in [0.2, 0.25) is 5.02 Å². The van der Waals surface area contributed by atoms with E-state index in [1.165, 1.54) is 44.4 Å². The Morgan fingerprint density at radius 2 is 1.73 bits per heavy atom. The highest BCUT2D eigenvalue weighted by molar-refractivity contribution is 7.90. The summed E-state index contributed by atoms with van der Waals surface area (Å²) in [5.41, 5.74) is 2.67. The van der Waals surface area contributed by atoms with Crippen molar-refractivity contribution in [3.8, 4) is 17.4 Å². The summed E-state index contributed by atoms with van der Waals surface area (Å²) in [6, 6.07) is 17.2. The molecule has 1 aliphatic rings. The number of aromatic nitrogens is 1. The SMILES string of the molecule is CCS(=O)(=O)NC(=O)c1ccc(OC(C(=O)Nc2cc(C)c(Cl)cc2OC)C2=Nc3ccccc3S(=O)(=O)N2CCOc2ccc(C)cc2C)nc1. The Morgan fingerprint density at radius 3 is 2.40 bits per heavy atom. The zero-order valence-electron chi connectivity index (χ0n) is 28.8. The standard InChI is InChI=1S/C35H36ClN5O9S2/c1-6-51(44,45)40-34(42)24-12-14-31(37-20-24)50-32(35(43)39-27-18-22(3)25(36)19-29(27)48-5)33-38-26-9-7-8-10-30(26)52(46,47)41(33)15-16-49-28-13-11-21(2)17-23(28)4/h7-14,17-20,32H,6,15-16H2,1-5H3,(H,39,43)(H,40,42). The fraction of sp³-hybridized carbons (Fsp3) is 0.257. The van der Waals surface area contributed by atoms with Crippen molar-refractivity contribution in [1.29, 1.82) is 0 Å². The van der Waals surface area contributed by atoms with E-state index in [0.717, 1.165) is 21.6 Å². The number of carbonyl (C=O) groups is 2. The van der Waals surface area contributed by atoms with E-state index < -0.39 is 38.0 Å². The summed E-state index contributed by atoms with van der Waals surface area (Å²) >= 11 is 6.29. The first-order chi connectivity index (χ1) is 24.6. The smallest absolute Gasteiger partial charge is 0.273 e. The average Bonchev–Trinajstić information content (AvgIpc) is 3.10. The monoisotopic (exact) mass is 769 g/mol. The van der Waals surface area contributed by atoms with Gasteiger partial charge in [-0.2, -0.15) is 0 Å². The number of para-hydroxylation sites is 1. The summed E-state index contributed by atoms with van der Waals surface area (Å²) in [4.78, 5) is 35.4. The summed E-state index contributed by atoms with van der Waals surface area (Å²) < 4.78 is 72.6. The Morgan fingerprint density at radius 1 is 0.981 bits per heavy atom. The van der Waals surface area contributed by atoms with Crippen molar-refractivity contribution in [1.82, 2.24) is 14.0 Å². The normalized spacial score (nSPS) is 14.0. The van der Waals surface area contributed by atoms with Crippen LogP contribution in [0.4, 0.5) is 11.4 Å². The summed E-state index contributed by atoms with van der Waals surface area (Å²) in [6.45, 7) is 6.53. The number of carbonyl (C=O) groups excluding carboxylic acids is 2. The number of nitrogens with zero attached hydrogens (tertiary/aromatic N) is 3. The lowest BCUT2D eigenvalue weighted by molar-refractivity contribution is -0.120. The number of fused-ring (bicyclic) bond motifs is 1. The largest absolute Gasteiger partial charge is 0.495 e. The molecule has 4 aromatic rings. The summed E-state index contributed by atoms with van der Waals surface area (Å²) in [5.74, 6) is -1.83. The number of pyridine rings is 1. The number of anilines is 1. The first kappa shape index (κ1) is 38.1. The van der Waals surface area contributed by atoms with Gasteiger partial charge in [-0.1, -0.05) is 41.4 Å². The Balaban J connectivity index is 1.56. The van der Waals surface area contributed by atoms with Gasteiger partial charge in [0.2, 0.25) is 22.0 Å². The van der Waals surface area contributed by atoms with E-state index in [2.05, 4.69) is 15.3 Å². The van der Waals surface area contributed by atoms with Crippen molar-refractivity contribution < 1.29 is 40.6 Å². The van der Waals surface area contributed by atoms with Crippen LogP contribution in [0, 0.1) is 20.8 Å². The molecule has 52 heavy (non-hydrogen) atoms. The molecular formula is C35H36ClN5O9S2. The van der Waals surface area contributed by atoms with E-state index in [4.69, 9.17) is 25.8 Å². The molecule has 5 rings (SSSR count). The molecule has 0 aliphatic carbocycles. The van der Waals surface area contributed by atoms with Crippen molar-refractivity contribution >= 4 is 60.7 Å². The van der Waals surface area contributed by atoms with Gasteiger partial charge in [-0.05, 0) is 69.2 Å². The highest BCUT2D eigenvalue weighted by Crippen LogP contribution is 2.35. The molecule has 0 fully saturated rings. The third kappa shape index (κ3) is 8.46. The molecule has 1 aromatic heterocycles. The molecule has 2 N–H and O–H groups in total. The first-order valence-electron chi connectivity index (χ1n) is 15.9. The zero-order chi connectivity index (χ0) is 37.8. The lowest BCUT2D eigenvalue weighted by Crippen LogP contribution is -2.52. The first-order valence-corrected chi connectivity index (χ1v) is 19.3. The van der Waals surface area contributed by atoms with Gasteiger partial charge in [-0.3, -0.25) is 9.59 Å². The molecule has 1 atom stereocenters. The number of nitrogens with one attached hydrogen (secondary N) is 2. The van der Waals surface area contributed by atoms with Crippen molar-refractivity contribution in [3.63, 3.8) is 0 Å².